The maximum Gasteiger partial charge on any atom is 0.00982 e. The first-order chi connectivity index (χ1) is 4.81. The molecule has 1 nitrogen and oxygen atoms in total. The molecule has 1 saturated heterocycles. The van der Waals surface area contributed by atoms with Crippen LogP contribution in [-0.2, 0) is 0 Å². The second-order valence-corrected chi connectivity index (χ2v) is 3.99. The lowest BCUT2D eigenvalue weighted by atomic mass is 9.92. The molecule has 1 heterocycles. The van der Waals surface area contributed by atoms with Gasteiger partial charge in [0.2, 0.25) is 0 Å². The SMILES string of the molecule is CC[C@H]1C[C@H]2C[C@@H]1CN2C. The van der Waals surface area contributed by atoms with E-state index in [0.717, 1.165) is 17.9 Å². The van der Waals surface area contributed by atoms with Crippen LogP contribution in [0.3, 0.4) is 0 Å². The lowest BCUT2D eigenvalue weighted by Crippen LogP contribution is -2.31. The molecule has 0 aromatic rings. The van der Waals surface area contributed by atoms with E-state index >= 15 is 0 Å². The molecule has 0 N–H and O–H groups in total. The average Bonchev–Trinajstić information content (AvgIpc) is 2.44. The van der Waals surface area contributed by atoms with Gasteiger partial charge in [-0.2, -0.15) is 0 Å². The summed E-state index contributed by atoms with van der Waals surface area (Å²) in [6.45, 7) is 3.72. The van der Waals surface area contributed by atoms with Crippen LogP contribution in [-0.4, -0.2) is 24.5 Å². The van der Waals surface area contributed by atoms with Crippen molar-refractivity contribution < 1.29 is 0 Å². The Morgan fingerprint density at radius 3 is 2.60 bits per heavy atom. The van der Waals surface area contributed by atoms with Crippen molar-refractivity contribution in [1.82, 2.24) is 4.90 Å². The third kappa shape index (κ3) is 0.800. The minimum Gasteiger partial charge on any atom is -0.303 e. The number of likely N-dealkylation sites (tertiary alicyclic amines) is 1. The van der Waals surface area contributed by atoms with Gasteiger partial charge in [0.25, 0.3) is 0 Å². The number of hydrogen-bond donors (Lipinski definition) is 0. The Bertz CT molecular complexity index is 131. The number of nitrogens with zero attached hydrogens (tertiary/aromatic N) is 1. The number of fused-ring (bicyclic) bond motifs is 2. The maximum absolute atomic E-state index is 2.54. The van der Waals surface area contributed by atoms with Crippen molar-refractivity contribution in [3.63, 3.8) is 0 Å². The van der Waals surface area contributed by atoms with Crippen molar-refractivity contribution in [2.24, 2.45) is 11.8 Å². The van der Waals surface area contributed by atoms with Crippen LogP contribution < -0.4 is 0 Å². The standard InChI is InChI=1S/C9H17N/c1-3-7-4-9-5-8(7)6-10(9)2/h7-9H,3-6H2,1-2H3/t7-,8+,9-/m0/s1. The van der Waals surface area contributed by atoms with E-state index in [1.807, 2.05) is 0 Å². The van der Waals surface area contributed by atoms with Crippen LogP contribution in [0, 0.1) is 11.8 Å². The second-order valence-electron chi connectivity index (χ2n) is 3.99. The Hall–Kier alpha value is -0.0400. The van der Waals surface area contributed by atoms with Crippen molar-refractivity contribution in [3.8, 4) is 0 Å². The third-order valence-corrected chi connectivity index (χ3v) is 3.49. The molecule has 3 atom stereocenters. The molecule has 0 amide bonds. The predicted molar refractivity (Wildman–Crippen MR) is 42.9 cm³/mol. The van der Waals surface area contributed by atoms with E-state index in [9.17, 15) is 0 Å². The average molecular weight is 139 g/mol. The first-order valence-electron chi connectivity index (χ1n) is 4.51. The first kappa shape index (κ1) is 6.66. The van der Waals surface area contributed by atoms with Gasteiger partial charge < -0.3 is 4.90 Å². The highest BCUT2D eigenvalue weighted by Crippen LogP contribution is 2.42. The summed E-state index contributed by atoms with van der Waals surface area (Å²) in [5.41, 5.74) is 0. The molecule has 0 radical (unpaired) electrons. The number of rotatable bonds is 1. The smallest absolute Gasteiger partial charge is 0.00982 e. The monoisotopic (exact) mass is 139 g/mol. The van der Waals surface area contributed by atoms with E-state index in [-0.39, 0.29) is 0 Å². The van der Waals surface area contributed by atoms with E-state index in [1.54, 1.807) is 0 Å². The summed E-state index contributed by atoms with van der Waals surface area (Å²) >= 11 is 0. The molecule has 1 heteroatoms. The molecule has 10 heavy (non-hydrogen) atoms. The van der Waals surface area contributed by atoms with Crippen molar-refractivity contribution in [2.75, 3.05) is 13.6 Å². The molecule has 2 aliphatic rings. The van der Waals surface area contributed by atoms with Crippen LogP contribution in [0.1, 0.15) is 26.2 Å². The molecular weight excluding hydrogens is 122 g/mol. The fourth-order valence-electron chi connectivity index (χ4n) is 2.78. The highest BCUT2D eigenvalue weighted by atomic mass is 15.2. The zero-order chi connectivity index (χ0) is 7.14. The molecule has 2 fully saturated rings. The van der Waals surface area contributed by atoms with E-state index in [2.05, 4.69) is 18.9 Å². The van der Waals surface area contributed by atoms with Gasteiger partial charge in [0.1, 0.15) is 0 Å². The molecule has 2 rings (SSSR count). The topological polar surface area (TPSA) is 3.24 Å². The quantitative estimate of drug-likeness (QED) is 0.535. The lowest BCUT2D eigenvalue weighted by Gasteiger charge is -2.27. The fourth-order valence-corrected chi connectivity index (χ4v) is 2.78. The van der Waals surface area contributed by atoms with Crippen molar-refractivity contribution >= 4 is 0 Å². The summed E-state index contributed by atoms with van der Waals surface area (Å²) in [4.78, 5) is 2.54. The Morgan fingerprint density at radius 2 is 2.20 bits per heavy atom. The van der Waals surface area contributed by atoms with Crippen molar-refractivity contribution in [3.05, 3.63) is 0 Å². The van der Waals surface area contributed by atoms with Gasteiger partial charge in [-0.15, -0.1) is 0 Å². The van der Waals surface area contributed by atoms with Gasteiger partial charge in [0, 0.05) is 12.6 Å². The van der Waals surface area contributed by atoms with Gasteiger partial charge in [0.15, 0.2) is 0 Å². The summed E-state index contributed by atoms with van der Waals surface area (Å²) in [6.07, 6.45) is 4.39. The molecular formula is C9H17N. The normalized spacial score (nSPS) is 46.8. The minimum absolute atomic E-state index is 0.954. The lowest BCUT2D eigenvalue weighted by molar-refractivity contribution is 0.206. The maximum atomic E-state index is 2.54. The summed E-state index contributed by atoms with van der Waals surface area (Å²) in [7, 11) is 2.27. The third-order valence-electron chi connectivity index (χ3n) is 3.49. The highest BCUT2D eigenvalue weighted by molar-refractivity contribution is 4.95. The van der Waals surface area contributed by atoms with Gasteiger partial charge in [-0.25, -0.2) is 0 Å². The van der Waals surface area contributed by atoms with Gasteiger partial charge >= 0.3 is 0 Å². The highest BCUT2D eigenvalue weighted by Gasteiger charge is 2.41. The molecule has 0 spiro atoms. The van der Waals surface area contributed by atoms with E-state index < -0.39 is 0 Å². The molecule has 58 valence electrons. The fraction of sp³-hybridized carbons (Fsp3) is 1.00. The van der Waals surface area contributed by atoms with Crippen LogP contribution in [0.4, 0.5) is 0 Å². The van der Waals surface area contributed by atoms with Crippen molar-refractivity contribution in [2.45, 2.75) is 32.2 Å². The van der Waals surface area contributed by atoms with Crippen molar-refractivity contribution in [1.29, 1.82) is 0 Å². The van der Waals surface area contributed by atoms with Gasteiger partial charge in [-0.05, 0) is 31.7 Å². The van der Waals surface area contributed by atoms with Gasteiger partial charge in [0.05, 0.1) is 0 Å². The summed E-state index contributed by atoms with van der Waals surface area (Å²) in [6, 6.07) is 0.954. The molecule has 1 aliphatic heterocycles. The molecule has 1 aliphatic carbocycles. The Balaban J connectivity index is 2.02. The summed E-state index contributed by atoms with van der Waals surface area (Å²) in [5.74, 6) is 2.13. The van der Waals surface area contributed by atoms with Crippen LogP contribution in [0.25, 0.3) is 0 Å². The molecule has 0 aromatic heterocycles. The molecule has 2 bridgehead atoms. The van der Waals surface area contributed by atoms with Crippen LogP contribution in [0.2, 0.25) is 0 Å². The Labute approximate surface area is 63.4 Å². The summed E-state index contributed by atoms with van der Waals surface area (Å²) < 4.78 is 0. The minimum atomic E-state index is 0.954. The largest absolute Gasteiger partial charge is 0.303 e. The summed E-state index contributed by atoms with van der Waals surface area (Å²) in [5, 5.41) is 0. The zero-order valence-electron chi connectivity index (χ0n) is 7.01. The predicted octanol–water partition coefficient (Wildman–Crippen LogP) is 1.74. The van der Waals surface area contributed by atoms with E-state index in [1.165, 1.54) is 25.8 Å². The first-order valence-corrected chi connectivity index (χ1v) is 4.51. The van der Waals surface area contributed by atoms with Crippen LogP contribution in [0.5, 0.6) is 0 Å². The molecule has 0 unspecified atom stereocenters. The van der Waals surface area contributed by atoms with Gasteiger partial charge in [-0.1, -0.05) is 13.3 Å². The van der Waals surface area contributed by atoms with Gasteiger partial charge in [-0.3, -0.25) is 0 Å². The Kier molecular flexibility index (Phi) is 1.48. The van der Waals surface area contributed by atoms with Crippen LogP contribution in [0.15, 0.2) is 0 Å². The molecule has 0 aromatic carbocycles. The van der Waals surface area contributed by atoms with Crippen LogP contribution >= 0.6 is 0 Å². The Morgan fingerprint density at radius 1 is 1.40 bits per heavy atom. The molecule has 1 saturated carbocycles. The second kappa shape index (κ2) is 2.23. The number of hydrogen-bond acceptors (Lipinski definition) is 1. The zero-order valence-corrected chi connectivity index (χ0v) is 7.01. The number of piperidine rings is 1. The van der Waals surface area contributed by atoms with E-state index in [0.29, 0.717) is 0 Å². The van der Waals surface area contributed by atoms with E-state index in [4.69, 9.17) is 0 Å².